The van der Waals surface area contributed by atoms with Crippen LogP contribution in [0.1, 0.15) is 29.3 Å². The van der Waals surface area contributed by atoms with Crippen molar-refractivity contribution in [1.82, 2.24) is 0 Å². The first-order chi connectivity index (χ1) is 14.7. The average Bonchev–Trinajstić information content (AvgIpc) is 2.99. The highest BCUT2D eigenvalue weighted by atomic mass is 19.4. The number of fused-ring (bicyclic) bond motifs is 1. The molecular formula is C23H19F3N2O3. The second-order valence-corrected chi connectivity index (χ2v) is 7.68. The topological polar surface area (TPSA) is 66.5 Å². The van der Waals surface area contributed by atoms with Crippen molar-refractivity contribution >= 4 is 29.1 Å². The molecule has 5 nitrogen and oxygen atoms in total. The van der Waals surface area contributed by atoms with Crippen LogP contribution in [0.25, 0.3) is 0 Å². The van der Waals surface area contributed by atoms with Crippen LogP contribution in [0.5, 0.6) is 0 Å². The smallest absolute Gasteiger partial charge is 0.321 e. The molecule has 3 amide bonds. The van der Waals surface area contributed by atoms with Gasteiger partial charge in [-0.05, 0) is 36.6 Å². The van der Waals surface area contributed by atoms with E-state index in [4.69, 9.17) is 0 Å². The zero-order valence-electron chi connectivity index (χ0n) is 16.5. The van der Waals surface area contributed by atoms with E-state index < -0.39 is 47.0 Å². The van der Waals surface area contributed by atoms with Crippen molar-refractivity contribution in [1.29, 1.82) is 0 Å². The molecule has 160 valence electrons. The molecule has 1 heterocycles. The Balaban J connectivity index is 1.69. The third kappa shape index (κ3) is 3.62. The second-order valence-electron chi connectivity index (χ2n) is 7.68. The van der Waals surface area contributed by atoms with Gasteiger partial charge in [-0.25, -0.2) is 4.90 Å². The van der Waals surface area contributed by atoms with Crippen molar-refractivity contribution in [2.24, 2.45) is 17.8 Å². The third-order valence-corrected chi connectivity index (χ3v) is 5.74. The van der Waals surface area contributed by atoms with Gasteiger partial charge in [0.15, 0.2) is 0 Å². The van der Waals surface area contributed by atoms with E-state index in [9.17, 15) is 27.6 Å². The molecule has 0 saturated carbocycles. The minimum absolute atomic E-state index is 0.0552. The normalized spacial score (nSPS) is 23.1. The summed E-state index contributed by atoms with van der Waals surface area (Å²) < 4.78 is 39.8. The van der Waals surface area contributed by atoms with Crippen LogP contribution < -0.4 is 10.2 Å². The predicted molar refractivity (Wildman–Crippen MR) is 108 cm³/mol. The lowest BCUT2D eigenvalue weighted by Gasteiger charge is -2.22. The van der Waals surface area contributed by atoms with E-state index in [1.165, 1.54) is 30.3 Å². The fourth-order valence-corrected chi connectivity index (χ4v) is 4.27. The van der Waals surface area contributed by atoms with Crippen LogP contribution in [-0.4, -0.2) is 17.7 Å². The average molecular weight is 428 g/mol. The summed E-state index contributed by atoms with van der Waals surface area (Å²) in [5.41, 5.74) is -1.37. The van der Waals surface area contributed by atoms with Gasteiger partial charge in [0.05, 0.1) is 34.3 Å². The molecule has 31 heavy (non-hydrogen) atoms. The number of alkyl halides is 3. The van der Waals surface area contributed by atoms with Crippen LogP contribution in [0, 0.1) is 17.8 Å². The van der Waals surface area contributed by atoms with Crippen LogP contribution in [0.3, 0.4) is 0 Å². The van der Waals surface area contributed by atoms with Crippen molar-refractivity contribution in [3.63, 3.8) is 0 Å². The van der Waals surface area contributed by atoms with Gasteiger partial charge in [0.25, 0.3) is 5.91 Å². The summed E-state index contributed by atoms with van der Waals surface area (Å²) in [6.07, 6.45) is -0.456. The number of hydrogen-bond acceptors (Lipinski definition) is 3. The predicted octanol–water partition coefficient (Wildman–Crippen LogP) is 4.66. The van der Waals surface area contributed by atoms with Crippen LogP contribution in [-0.2, 0) is 15.8 Å². The molecule has 0 radical (unpaired) electrons. The number of halogens is 3. The van der Waals surface area contributed by atoms with Gasteiger partial charge < -0.3 is 5.32 Å². The zero-order valence-corrected chi connectivity index (χ0v) is 16.5. The van der Waals surface area contributed by atoms with E-state index in [-0.39, 0.29) is 17.2 Å². The molecule has 1 aliphatic carbocycles. The number of rotatable bonds is 3. The molecule has 2 aromatic carbocycles. The van der Waals surface area contributed by atoms with Crippen molar-refractivity contribution in [3.8, 4) is 0 Å². The first-order valence-electron chi connectivity index (χ1n) is 9.81. The molecule has 0 aromatic heterocycles. The maximum Gasteiger partial charge on any atom is 0.418 e. The molecule has 1 fully saturated rings. The summed E-state index contributed by atoms with van der Waals surface area (Å²) in [4.78, 5) is 40.0. The number of carbonyl (C=O) groups is 3. The van der Waals surface area contributed by atoms with Crippen molar-refractivity contribution in [2.75, 3.05) is 10.2 Å². The number of carbonyl (C=O) groups excluding carboxylic acids is 3. The van der Waals surface area contributed by atoms with Crippen molar-refractivity contribution in [3.05, 3.63) is 71.8 Å². The lowest BCUT2D eigenvalue weighted by molar-refractivity contribution is -0.137. The Morgan fingerprint density at radius 2 is 1.71 bits per heavy atom. The van der Waals surface area contributed by atoms with Gasteiger partial charge in [-0.2, -0.15) is 13.2 Å². The second kappa shape index (κ2) is 7.68. The molecule has 1 N–H and O–H groups in total. The van der Waals surface area contributed by atoms with Crippen LogP contribution in [0.4, 0.5) is 24.5 Å². The molecule has 3 atom stereocenters. The first-order valence-corrected chi connectivity index (χ1v) is 9.81. The van der Waals surface area contributed by atoms with Crippen LogP contribution in [0.15, 0.2) is 60.7 Å². The van der Waals surface area contributed by atoms with Crippen molar-refractivity contribution in [2.45, 2.75) is 19.5 Å². The summed E-state index contributed by atoms with van der Waals surface area (Å²) in [6, 6.07) is 10.6. The van der Waals surface area contributed by atoms with Gasteiger partial charge in [-0.15, -0.1) is 0 Å². The number of allylic oxidation sites excluding steroid dienone is 2. The minimum Gasteiger partial charge on any atom is -0.321 e. The number of nitrogens with one attached hydrogen (secondary N) is 1. The molecule has 0 unspecified atom stereocenters. The number of benzene rings is 2. The summed E-state index contributed by atoms with van der Waals surface area (Å²) in [7, 11) is 0. The lowest BCUT2D eigenvalue weighted by Crippen LogP contribution is -2.33. The van der Waals surface area contributed by atoms with E-state index >= 15 is 0 Å². The monoisotopic (exact) mass is 428 g/mol. The number of imide groups is 1. The highest BCUT2D eigenvalue weighted by Gasteiger charge is 2.51. The standard InChI is InChI=1S/C23H19F3N2O3/c1-13-7-6-9-15-19(13)22(31)28(21(15)30)18-12-5-2-8-14(18)20(29)27-17-11-4-3-10-16(17)23(24,25)26/h2-8,10-13,15,19H,9H2,1H3,(H,27,29)/t13-,15+,19-/m1/s1. The van der Waals surface area contributed by atoms with Gasteiger partial charge in [-0.3, -0.25) is 14.4 Å². The number of nitrogens with zero attached hydrogens (tertiary/aromatic N) is 1. The summed E-state index contributed by atoms with van der Waals surface area (Å²) in [5, 5.41) is 2.28. The maximum atomic E-state index is 13.3. The fraction of sp³-hybridized carbons (Fsp3) is 0.261. The lowest BCUT2D eigenvalue weighted by atomic mass is 9.78. The van der Waals surface area contributed by atoms with E-state index in [0.29, 0.717) is 6.42 Å². The minimum atomic E-state index is -4.65. The Bertz CT molecular complexity index is 1090. The van der Waals surface area contributed by atoms with Gasteiger partial charge in [0.2, 0.25) is 11.8 Å². The van der Waals surface area contributed by atoms with Gasteiger partial charge in [0, 0.05) is 0 Å². The molecule has 2 aromatic rings. The highest BCUT2D eigenvalue weighted by Crippen LogP contribution is 2.41. The molecule has 0 bridgehead atoms. The highest BCUT2D eigenvalue weighted by molar-refractivity contribution is 6.25. The summed E-state index contributed by atoms with van der Waals surface area (Å²) in [5.74, 6) is -2.78. The fourth-order valence-electron chi connectivity index (χ4n) is 4.27. The van der Waals surface area contributed by atoms with Crippen LogP contribution >= 0.6 is 0 Å². The molecule has 1 saturated heterocycles. The van der Waals surface area contributed by atoms with Gasteiger partial charge in [-0.1, -0.05) is 43.3 Å². The SMILES string of the molecule is C[C@@H]1C=CC[C@@H]2C(=O)N(c3ccccc3C(=O)Nc3ccccc3C(F)(F)F)C(=O)[C@H]12. The number of hydrogen-bond donors (Lipinski definition) is 1. The van der Waals surface area contributed by atoms with Crippen LogP contribution in [0.2, 0.25) is 0 Å². The Morgan fingerprint density at radius 1 is 1.03 bits per heavy atom. The Morgan fingerprint density at radius 3 is 2.42 bits per heavy atom. The Kier molecular flexibility index (Phi) is 5.16. The maximum absolute atomic E-state index is 13.3. The summed E-state index contributed by atoms with van der Waals surface area (Å²) >= 11 is 0. The molecule has 4 rings (SSSR count). The summed E-state index contributed by atoms with van der Waals surface area (Å²) in [6.45, 7) is 1.86. The molecule has 0 spiro atoms. The van der Waals surface area contributed by atoms with E-state index in [1.54, 1.807) is 6.07 Å². The number of anilines is 2. The number of para-hydroxylation sites is 2. The van der Waals surface area contributed by atoms with E-state index in [2.05, 4.69) is 5.32 Å². The van der Waals surface area contributed by atoms with Gasteiger partial charge >= 0.3 is 6.18 Å². The largest absolute Gasteiger partial charge is 0.418 e. The molecule has 8 heteroatoms. The Labute approximate surface area is 176 Å². The Hall–Kier alpha value is -3.42. The van der Waals surface area contributed by atoms with E-state index in [0.717, 1.165) is 17.0 Å². The molecule has 2 aliphatic rings. The van der Waals surface area contributed by atoms with Gasteiger partial charge in [0.1, 0.15) is 0 Å². The molecular weight excluding hydrogens is 409 g/mol. The first kappa shape index (κ1) is 20.8. The van der Waals surface area contributed by atoms with Crippen molar-refractivity contribution < 1.29 is 27.6 Å². The molecule has 1 aliphatic heterocycles. The zero-order chi connectivity index (χ0) is 22.3. The quantitative estimate of drug-likeness (QED) is 0.571. The third-order valence-electron chi connectivity index (χ3n) is 5.74. The number of amides is 3. The van der Waals surface area contributed by atoms with E-state index in [1.807, 2.05) is 19.1 Å².